The van der Waals surface area contributed by atoms with Crippen LogP contribution in [0.25, 0.3) is 6.08 Å². The lowest BCUT2D eigenvalue weighted by atomic mass is 10.1. The Labute approximate surface area is 210 Å². The molecular formula is C25H23BrN2O7. The van der Waals surface area contributed by atoms with E-state index in [0.29, 0.717) is 28.1 Å². The molecule has 1 saturated heterocycles. The molecule has 3 rings (SSSR count). The standard InChI is InChI=1S/C25H23BrN2O7/c1-4-11-35-21-19(26)13-15(14-20(21)33-5-2)12-18-22(29)27-25(32)28(23(18)30)17-9-7-16(8-10-17)24(31)34-6-3/h4,7-10,12-14H,1,5-6,11H2,2-3H3,(H,27,29,32)/b18-12+. The first-order valence-corrected chi connectivity index (χ1v) is 11.5. The topological polar surface area (TPSA) is 111 Å². The SMILES string of the molecule is C=CCOc1c(Br)cc(/C=C2\C(=O)NC(=O)N(c3ccc(C(=O)OCC)cc3)C2=O)cc1OCC. The van der Waals surface area contributed by atoms with E-state index in [-0.39, 0.29) is 30.0 Å². The van der Waals surface area contributed by atoms with Crippen molar-refractivity contribution in [3.63, 3.8) is 0 Å². The first-order chi connectivity index (χ1) is 16.8. The van der Waals surface area contributed by atoms with E-state index in [9.17, 15) is 19.2 Å². The molecule has 0 unspecified atom stereocenters. The molecule has 1 aliphatic rings. The van der Waals surface area contributed by atoms with Crippen molar-refractivity contribution in [1.29, 1.82) is 0 Å². The number of esters is 1. The van der Waals surface area contributed by atoms with Crippen LogP contribution in [0.1, 0.15) is 29.8 Å². The van der Waals surface area contributed by atoms with Gasteiger partial charge in [0.15, 0.2) is 11.5 Å². The third-order valence-electron chi connectivity index (χ3n) is 4.73. The van der Waals surface area contributed by atoms with Gasteiger partial charge in [0.2, 0.25) is 0 Å². The Balaban J connectivity index is 1.96. The first-order valence-electron chi connectivity index (χ1n) is 10.7. The highest BCUT2D eigenvalue weighted by molar-refractivity contribution is 9.10. The maximum Gasteiger partial charge on any atom is 0.338 e. The van der Waals surface area contributed by atoms with Gasteiger partial charge in [-0.1, -0.05) is 12.7 Å². The van der Waals surface area contributed by atoms with E-state index in [2.05, 4.69) is 27.8 Å². The predicted octanol–water partition coefficient (Wildman–Crippen LogP) is 4.26. The van der Waals surface area contributed by atoms with Gasteiger partial charge >= 0.3 is 12.0 Å². The van der Waals surface area contributed by atoms with Gasteiger partial charge in [-0.15, -0.1) is 0 Å². The second kappa shape index (κ2) is 11.5. The van der Waals surface area contributed by atoms with Gasteiger partial charge in [0.25, 0.3) is 11.8 Å². The number of anilines is 1. The minimum atomic E-state index is -0.898. The van der Waals surface area contributed by atoms with E-state index < -0.39 is 23.8 Å². The number of urea groups is 1. The van der Waals surface area contributed by atoms with Crippen LogP contribution in [-0.4, -0.2) is 43.6 Å². The number of hydrogen-bond acceptors (Lipinski definition) is 7. The summed E-state index contributed by atoms with van der Waals surface area (Å²) in [5.41, 5.74) is 0.660. The number of barbiturate groups is 1. The molecule has 0 bridgehead atoms. The van der Waals surface area contributed by atoms with Crippen LogP contribution in [0.3, 0.4) is 0 Å². The average molecular weight is 543 g/mol. The molecular weight excluding hydrogens is 520 g/mol. The van der Waals surface area contributed by atoms with Crippen LogP contribution in [0.15, 0.2) is 59.1 Å². The van der Waals surface area contributed by atoms with Crippen molar-refractivity contribution < 1.29 is 33.4 Å². The Morgan fingerprint density at radius 3 is 2.43 bits per heavy atom. The van der Waals surface area contributed by atoms with E-state index in [1.54, 1.807) is 25.1 Å². The second-order valence-electron chi connectivity index (χ2n) is 7.09. The molecule has 1 aliphatic heterocycles. The molecule has 0 atom stereocenters. The lowest BCUT2D eigenvalue weighted by Crippen LogP contribution is -2.54. The average Bonchev–Trinajstić information content (AvgIpc) is 2.82. The highest BCUT2D eigenvalue weighted by atomic mass is 79.9. The fourth-order valence-corrected chi connectivity index (χ4v) is 3.81. The summed E-state index contributed by atoms with van der Waals surface area (Å²) in [4.78, 5) is 50.9. The van der Waals surface area contributed by atoms with Crippen LogP contribution in [0.4, 0.5) is 10.5 Å². The minimum Gasteiger partial charge on any atom is -0.490 e. The van der Waals surface area contributed by atoms with Crippen molar-refractivity contribution in [3.05, 3.63) is 70.2 Å². The summed E-state index contributed by atoms with van der Waals surface area (Å²) in [5, 5.41) is 2.17. The summed E-state index contributed by atoms with van der Waals surface area (Å²) >= 11 is 3.42. The smallest absolute Gasteiger partial charge is 0.338 e. The molecule has 9 nitrogen and oxygen atoms in total. The summed E-state index contributed by atoms with van der Waals surface area (Å²) in [6.45, 7) is 7.95. The maximum atomic E-state index is 13.2. The Morgan fingerprint density at radius 1 is 1.09 bits per heavy atom. The molecule has 35 heavy (non-hydrogen) atoms. The van der Waals surface area contributed by atoms with Gasteiger partial charge in [-0.25, -0.2) is 14.5 Å². The molecule has 0 aromatic heterocycles. The van der Waals surface area contributed by atoms with Gasteiger partial charge in [-0.05, 0) is 77.8 Å². The predicted molar refractivity (Wildman–Crippen MR) is 132 cm³/mol. The third kappa shape index (κ3) is 5.78. The van der Waals surface area contributed by atoms with Crippen LogP contribution in [0.2, 0.25) is 0 Å². The molecule has 182 valence electrons. The zero-order chi connectivity index (χ0) is 25.5. The lowest BCUT2D eigenvalue weighted by molar-refractivity contribution is -0.122. The first kappa shape index (κ1) is 25.7. The molecule has 2 aromatic rings. The molecule has 1 heterocycles. The highest BCUT2D eigenvalue weighted by Gasteiger charge is 2.37. The number of nitrogens with zero attached hydrogens (tertiary/aromatic N) is 1. The third-order valence-corrected chi connectivity index (χ3v) is 5.32. The van der Waals surface area contributed by atoms with Crippen molar-refractivity contribution in [2.75, 3.05) is 24.7 Å². The Bertz CT molecular complexity index is 1210. The van der Waals surface area contributed by atoms with E-state index in [4.69, 9.17) is 14.2 Å². The van der Waals surface area contributed by atoms with Crippen molar-refractivity contribution in [1.82, 2.24) is 5.32 Å². The molecule has 0 spiro atoms. The van der Waals surface area contributed by atoms with Crippen LogP contribution in [0, 0.1) is 0 Å². The van der Waals surface area contributed by atoms with Crippen LogP contribution in [-0.2, 0) is 14.3 Å². The summed E-state index contributed by atoms with van der Waals surface area (Å²) in [5.74, 6) is -1.32. The quantitative estimate of drug-likeness (QED) is 0.218. The number of imide groups is 2. The van der Waals surface area contributed by atoms with Crippen LogP contribution >= 0.6 is 15.9 Å². The van der Waals surface area contributed by atoms with Gasteiger partial charge in [-0.3, -0.25) is 14.9 Å². The van der Waals surface area contributed by atoms with Crippen molar-refractivity contribution >= 4 is 51.5 Å². The fourth-order valence-electron chi connectivity index (χ4n) is 3.24. The Hall–Kier alpha value is -3.92. The number of rotatable bonds is 9. The number of ether oxygens (including phenoxy) is 3. The maximum absolute atomic E-state index is 13.2. The summed E-state index contributed by atoms with van der Waals surface area (Å²) in [7, 11) is 0. The number of amides is 4. The largest absolute Gasteiger partial charge is 0.490 e. The lowest BCUT2D eigenvalue weighted by Gasteiger charge is -2.26. The number of hydrogen-bond donors (Lipinski definition) is 1. The number of halogens is 1. The molecule has 1 fully saturated rings. The molecule has 0 aliphatic carbocycles. The van der Waals surface area contributed by atoms with Crippen molar-refractivity contribution in [3.8, 4) is 11.5 Å². The van der Waals surface area contributed by atoms with Crippen LogP contribution in [0.5, 0.6) is 11.5 Å². The van der Waals surface area contributed by atoms with E-state index in [1.165, 1.54) is 30.3 Å². The van der Waals surface area contributed by atoms with Crippen molar-refractivity contribution in [2.24, 2.45) is 0 Å². The fraction of sp³-hybridized carbons (Fsp3) is 0.200. The van der Waals surface area contributed by atoms with Gasteiger partial charge < -0.3 is 14.2 Å². The van der Waals surface area contributed by atoms with Crippen molar-refractivity contribution in [2.45, 2.75) is 13.8 Å². The molecule has 1 N–H and O–H groups in total. The molecule has 10 heteroatoms. The van der Waals surface area contributed by atoms with E-state index in [1.807, 2.05) is 6.92 Å². The molecule has 4 amide bonds. The zero-order valence-corrected chi connectivity index (χ0v) is 20.7. The number of benzene rings is 2. The normalized spacial score (nSPS) is 14.5. The molecule has 2 aromatic carbocycles. The second-order valence-corrected chi connectivity index (χ2v) is 7.94. The summed E-state index contributed by atoms with van der Waals surface area (Å²) < 4.78 is 16.8. The Kier molecular flexibility index (Phi) is 8.43. The van der Waals surface area contributed by atoms with E-state index in [0.717, 1.165) is 4.90 Å². The number of carbonyl (C=O) groups is 4. The van der Waals surface area contributed by atoms with Gasteiger partial charge in [-0.2, -0.15) is 0 Å². The van der Waals surface area contributed by atoms with Gasteiger partial charge in [0, 0.05) is 0 Å². The van der Waals surface area contributed by atoms with E-state index >= 15 is 0 Å². The molecule has 0 saturated carbocycles. The monoisotopic (exact) mass is 542 g/mol. The zero-order valence-electron chi connectivity index (χ0n) is 19.1. The summed E-state index contributed by atoms with van der Waals surface area (Å²) in [6.07, 6.45) is 2.95. The minimum absolute atomic E-state index is 0.184. The number of carbonyl (C=O) groups excluding carboxylic acids is 4. The number of nitrogens with one attached hydrogen (secondary N) is 1. The van der Waals surface area contributed by atoms with Crippen LogP contribution < -0.4 is 19.7 Å². The Morgan fingerprint density at radius 2 is 1.80 bits per heavy atom. The summed E-state index contributed by atoms with van der Waals surface area (Å²) in [6, 6.07) is 8.09. The van der Waals surface area contributed by atoms with Gasteiger partial charge in [0.1, 0.15) is 12.2 Å². The molecule has 0 radical (unpaired) electrons. The van der Waals surface area contributed by atoms with Gasteiger partial charge in [0.05, 0.1) is 28.9 Å². The highest BCUT2D eigenvalue weighted by Crippen LogP contribution is 2.38.